The van der Waals surface area contributed by atoms with Crippen molar-refractivity contribution in [2.75, 3.05) is 7.05 Å². The van der Waals surface area contributed by atoms with Crippen LogP contribution in [0, 0.1) is 0 Å². The smallest absolute Gasteiger partial charge is 0.0780 e. The average molecular weight is 208 g/mol. The number of nitrogens with zero attached hydrogens (tertiary/aromatic N) is 2. The van der Waals surface area contributed by atoms with E-state index in [9.17, 15) is 0 Å². The second-order valence-corrected chi connectivity index (χ2v) is 3.94. The number of para-hydroxylation sites is 1. The van der Waals surface area contributed by atoms with Gasteiger partial charge in [0, 0.05) is 36.4 Å². The number of fused-ring (bicyclic) bond motifs is 1. The Bertz CT molecular complexity index is 617. The summed E-state index contributed by atoms with van der Waals surface area (Å²) >= 11 is 0. The van der Waals surface area contributed by atoms with E-state index in [1.165, 1.54) is 16.4 Å². The fourth-order valence-electron chi connectivity index (χ4n) is 1.95. The van der Waals surface area contributed by atoms with Gasteiger partial charge in [-0.3, -0.25) is 4.99 Å². The first-order valence-corrected chi connectivity index (χ1v) is 5.31. The van der Waals surface area contributed by atoms with Gasteiger partial charge in [0.2, 0.25) is 0 Å². The fraction of sp³-hybridized carbons (Fsp3) is 0.0714. The molecule has 0 amide bonds. The van der Waals surface area contributed by atoms with Crippen LogP contribution in [0.4, 0.5) is 0 Å². The Hall–Kier alpha value is -2.09. The molecule has 16 heavy (non-hydrogen) atoms. The Kier molecular flexibility index (Phi) is 2.00. The Morgan fingerprint density at radius 2 is 1.88 bits per heavy atom. The van der Waals surface area contributed by atoms with Gasteiger partial charge < -0.3 is 4.90 Å². The quantitative estimate of drug-likeness (QED) is 0.629. The van der Waals surface area contributed by atoms with Gasteiger partial charge in [0.05, 0.1) is 5.36 Å². The lowest BCUT2D eigenvalue weighted by Crippen LogP contribution is -2.28. The molecule has 0 radical (unpaired) electrons. The van der Waals surface area contributed by atoms with Gasteiger partial charge in [-0.15, -0.1) is 0 Å². The molecule has 0 aromatic heterocycles. The maximum absolute atomic E-state index is 4.41. The van der Waals surface area contributed by atoms with Crippen LogP contribution in [0.5, 0.6) is 0 Å². The molecule has 3 rings (SSSR count). The topological polar surface area (TPSA) is 15.6 Å². The highest BCUT2D eigenvalue weighted by molar-refractivity contribution is 5.68. The van der Waals surface area contributed by atoms with Crippen molar-refractivity contribution < 1.29 is 0 Å². The summed E-state index contributed by atoms with van der Waals surface area (Å²) in [4.78, 5) is 6.44. The van der Waals surface area contributed by atoms with Crippen LogP contribution in [-0.4, -0.2) is 11.9 Å². The molecule has 2 nitrogen and oxygen atoms in total. The molecule has 0 saturated heterocycles. The third kappa shape index (κ3) is 1.39. The molecule has 78 valence electrons. The average Bonchev–Trinajstić information content (AvgIpc) is 2.78. The molecule has 0 fully saturated rings. The Balaban J connectivity index is 2.30. The van der Waals surface area contributed by atoms with Crippen molar-refractivity contribution in [3.63, 3.8) is 0 Å². The standard InChI is InChI=1S/C14H12N2/c1-16-9-6-11(7-10-16)13-4-2-3-12-5-8-15-14(12)13/h2-10H,1H3. The summed E-state index contributed by atoms with van der Waals surface area (Å²) in [6.45, 7) is 0. The van der Waals surface area contributed by atoms with Crippen molar-refractivity contribution in [1.82, 2.24) is 4.90 Å². The highest BCUT2D eigenvalue weighted by atomic mass is 15.0. The Labute approximate surface area is 94.2 Å². The van der Waals surface area contributed by atoms with Crippen LogP contribution in [0.15, 0.2) is 53.9 Å². The molecule has 0 spiro atoms. The van der Waals surface area contributed by atoms with E-state index < -0.39 is 0 Å². The van der Waals surface area contributed by atoms with Gasteiger partial charge in [0.1, 0.15) is 0 Å². The van der Waals surface area contributed by atoms with Gasteiger partial charge in [-0.05, 0) is 23.8 Å². The highest BCUT2D eigenvalue weighted by Crippen LogP contribution is 2.07. The number of hydrogen-bond donors (Lipinski definition) is 0. The lowest BCUT2D eigenvalue weighted by molar-refractivity contribution is 0.623. The van der Waals surface area contributed by atoms with Crippen LogP contribution in [0.2, 0.25) is 0 Å². The molecule has 2 heteroatoms. The van der Waals surface area contributed by atoms with Gasteiger partial charge in [-0.25, -0.2) is 0 Å². The van der Waals surface area contributed by atoms with Crippen molar-refractivity contribution >= 4 is 11.6 Å². The van der Waals surface area contributed by atoms with E-state index in [1.807, 2.05) is 24.2 Å². The van der Waals surface area contributed by atoms with Crippen molar-refractivity contribution in [3.8, 4) is 0 Å². The van der Waals surface area contributed by atoms with Crippen LogP contribution < -0.4 is 10.6 Å². The van der Waals surface area contributed by atoms with Gasteiger partial charge in [0.25, 0.3) is 0 Å². The fourth-order valence-corrected chi connectivity index (χ4v) is 1.95. The normalized spacial score (nSPS) is 16.6. The molecule has 0 saturated carbocycles. The molecule has 1 aromatic rings. The molecular weight excluding hydrogens is 196 g/mol. The second kappa shape index (κ2) is 3.49. The minimum absolute atomic E-state index is 1.08. The van der Waals surface area contributed by atoms with Gasteiger partial charge in [-0.1, -0.05) is 18.2 Å². The van der Waals surface area contributed by atoms with E-state index in [1.54, 1.807) is 0 Å². The Morgan fingerprint density at radius 1 is 1.06 bits per heavy atom. The lowest BCUT2D eigenvalue weighted by Gasteiger charge is -2.11. The SMILES string of the molecule is CN1C=CC(=c2cccc3c2=NC=C3)C=C1. The zero-order chi connectivity index (χ0) is 11.0. The summed E-state index contributed by atoms with van der Waals surface area (Å²) in [6.07, 6.45) is 12.2. The van der Waals surface area contributed by atoms with Gasteiger partial charge in [-0.2, -0.15) is 0 Å². The summed E-state index contributed by atoms with van der Waals surface area (Å²) in [5.41, 5.74) is 2.41. The summed E-state index contributed by atoms with van der Waals surface area (Å²) in [7, 11) is 2.02. The monoisotopic (exact) mass is 208 g/mol. The summed E-state index contributed by atoms with van der Waals surface area (Å²) < 4.78 is 0. The molecular formula is C14H12N2. The summed E-state index contributed by atoms with van der Waals surface area (Å²) in [5, 5.41) is 2.28. The van der Waals surface area contributed by atoms with E-state index in [-0.39, 0.29) is 0 Å². The lowest BCUT2D eigenvalue weighted by atomic mass is 10.1. The maximum atomic E-state index is 4.41. The molecule has 2 heterocycles. The number of benzene rings is 1. The van der Waals surface area contributed by atoms with Crippen LogP contribution in [0.1, 0.15) is 5.56 Å². The van der Waals surface area contributed by atoms with Crippen LogP contribution in [0.3, 0.4) is 0 Å². The minimum atomic E-state index is 1.08. The zero-order valence-electron chi connectivity index (χ0n) is 9.09. The number of allylic oxidation sites excluding steroid dienone is 2. The Morgan fingerprint density at radius 3 is 2.69 bits per heavy atom. The number of hydrogen-bond acceptors (Lipinski definition) is 2. The molecule has 0 N–H and O–H groups in total. The van der Waals surface area contributed by atoms with E-state index in [2.05, 4.69) is 47.7 Å². The molecule has 0 atom stereocenters. The van der Waals surface area contributed by atoms with E-state index in [0.717, 1.165) is 5.36 Å². The van der Waals surface area contributed by atoms with E-state index >= 15 is 0 Å². The van der Waals surface area contributed by atoms with Crippen LogP contribution in [0.25, 0.3) is 11.6 Å². The molecule has 2 aliphatic rings. The van der Waals surface area contributed by atoms with Crippen LogP contribution >= 0.6 is 0 Å². The predicted molar refractivity (Wildman–Crippen MR) is 65.7 cm³/mol. The maximum Gasteiger partial charge on any atom is 0.0780 e. The first-order chi connectivity index (χ1) is 7.84. The molecule has 2 aliphatic heterocycles. The largest absolute Gasteiger partial charge is 0.357 e. The summed E-state index contributed by atoms with van der Waals surface area (Å²) in [6, 6.07) is 6.28. The highest BCUT2D eigenvalue weighted by Gasteiger charge is 2.02. The first kappa shape index (κ1) is 9.16. The van der Waals surface area contributed by atoms with Crippen molar-refractivity contribution in [3.05, 3.63) is 65.1 Å². The second-order valence-electron chi connectivity index (χ2n) is 3.94. The number of rotatable bonds is 0. The first-order valence-electron chi connectivity index (χ1n) is 5.31. The minimum Gasteiger partial charge on any atom is -0.357 e. The van der Waals surface area contributed by atoms with Gasteiger partial charge in [0.15, 0.2) is 0 Å². The van der Waals surface area contributed by atoms with Crippen molar-refractivity contribution in [2.24, 2.45) is 4.99 Å². The molecule has 0 unspecified atom stereocenters. The van der Waals surface area contributed by atoms with Crippen LogP contribution in [-0.2, 0) is 0 Å². The van der Waals surface area contributed by atoms with Crippen molar-refractivity contribution in [2.45, 2.75) is 0 Å². The van der Waals surface area contributed by atoms with E-state index in [0.29, 0.717) is 0 Å². The van der Waals surface area contributed by atoms with Crippen molar-refractivity contribution in [1.29, 1.82) is 0 Å². The van der Waals surface area contributed by atoms with Gasteiger partial charge >= 0.3 is 0 Å². The summed E-state index contributed by atoms with van der Waals surface area (Å²) in [5.74, 6) is 0. The zero-order valence-corrected chi connectivity index (χ0v) is 9.09. The molecule has 0 bridgehead atoms. The van der Waals surface area contributed by atoms with E-state index in [4.69, 9.17) is 0 Å². The third-order valence-corrected chi connectivity index (χ3v) is 2.81. The third-order valence-electron chi connectivity index (χ3n) is 2.81. The predicted octanol–water partition coefficient (Wildman–Crippen LogP) is 1.41. The molecule has 1 aromatic carbocycles. The molecule has 0 aliphatic carbocycles.